The summed E-state index contributed by atoms with van der Waals surface area (Å²) in [5, 5.41) is 0. The zero-order valence-electron chi connectivity index (χ0n) is 12.2. The molecule has 3 rings (SSSR count). The van der Waals surface area contributed by atoms with Crippen LogP contribution in [0.5, 0.6) is 0 Å². The van der Waals surface area contributed by atoms with Crippen molar-refractivity contribution in [2.24, 2.45) is 0 Å². The molecule has 0 bridgehead atoms. The van der Waals surface area contributed by atoms with Crippen LogP contribution in [-0.4, -0.2) is 25.4 Å². The topological polar surface area (TPSA) is 72.9 Å². The van der Waals surface area contributed by atoms with E-state index < -0.39 is 22.4 Å². The van der Waals surface area contributed by atoms with E-state index in [2.05, 4.69) is 0 Å². The van der Waals surface area contributed by atoms with Crippen molar-refractivity contribution in [2.45, 2.75) is 12.6 Å². The van der Waals surface area contributed by atoms with E-state index in [0.29, 0.717) is 9.87 Å². The van der Waals surface area contributed by atoms with Gasteiger partial charge in [0, 0.05) is 0 Å². The second-order valence-corrected chi connectivity index (χ2v) is 6.49. The predicted octanol–water partition coefficient (Wildman–Crippen LogP) is 2.64. The molecule has 0 radical (unpaired) electrons. The van der Waals surface area contributed by atoms with Gasteiger partial charge >= 0.3 is 16.4 Å². The van der Waals surface area contributed by atoms with Gasteiger partial charge in [-0.25, -0.2) is 4.79 Å². The monoisotopic (exact) mass is 333 g/mol. The summed E-state index contributed by atoms with van der Waals surface area (Å²) < 4.78 is 34.6. The first-order valence-electron chi connectivity index (χ1n) is 7.02. The van der Waals surface area contributed by atoms with Crippen LogP contribution in [0.1, 0.15) is 17.2 Å². The van der Waals surface area contributed by atoms with Crippen LogP contribution >= 0.6 is 0 Å². The van der Waals surface area contributed by atoms with Gasteiger partial charge in [-0.05, 0) is 11.1 Å². The minimum atomic E-state index is -4.13. The van der Waals surface area contributed by atoms with E-state index in [1.54, 1.807) is 36.4 Å². The standard InChI is InChI=1S/C16H15NO5S/c18-16(21-11-13-7-3-1-4-8-13)17-15(12-22-23(17,19)20)14-9-5-2-6-10-14/h1-10,15H,11-12H2. The van der Waals surface area contributed by atoms with Crippen LogP contribution in [-0.2, 0) is 25.8 Å². The molecule has 0 saturated carbocycles. The number of benzene rings is 2. The summed E-state index contributed by atoms with van der Waals surface area (Å²) in [7, 11) is -4.13. The molecule has 1 aliphatic rings. The molecular weight excluding hydrogens is 318 g/mol. The third-order valence-electron chi connectivity index (χ3n) is 3.47. The number of rotatable bonds is 3. The lowest BCUT2D eigenvalue weighted by atomic mass is 10.1. The van der Waals surface area contributed by atoms with E-state index in [0.717, 1.165) is 5.56 Å². The Kier molecular flexibility index (Phi) is 4.31. The lowest BCUT2D eigenvalue weighted by Gasteiger charge is -2.20. The molecule has 1 amide bonds. The molecule has 120 valence electrons. The maximum absolute atomic E-state index is 12.3. The van der Waals surface area contributed by atoms with Crippen LogP contribution in [0.3, 0.4) is 0 Å². The molecule has 1 unspecified atom stereocenters. The van der Waals surface area contributed by atoms with E-state index >= 15 is 0 Å². The van der Waals surface area contributed by atoms with Crippen LogP contribution in [0.15, 0.2) is 60.7 Å². The van der Waals surface area contributed by atoms with Crippen molar-refractivity contribution >= 4 is 16.4 Å². The number of hydrogen-bond acceptors (Lipinski definition) is 5. The predicted molar refractivity (Wildman–Crippen MR) is 82.5 cm³/mol. The largest absolute Gasteiger partial charge is 0.444 e. The third kappa shape index (κ3) is 3.35. The molecule has 23 heavy (non-hydrogen) atoms. The summed E-state index contributed by atoms with van der Waals surface area (Å²) in [4.78, 5) is 12.3. The normalized spacial score (nSPS) is 19.5. The average Bonchev–Trinajstić information content (AvgIpc) is 2.90. The lowest BCUT2D eigenvalue weighted by Crippen LogP contribution is -2.35. The fourth-order valence-corrected chi connectivity index (χ4v) is 3.48. The molecule has 0 N–H and O–H groups in total. The van der Waals surface area contributed by atoms with Crippen LogP contribution in [0, 0.1) is 0 Å². The lowest BCUT2D eigenvalue weighted by molar-refractivity contribution is 0.113. The fraction of sp³-hybridized carbons (Fsp3) is 0.188. The quantitative estimate of drug-likeness (QED) is 0.863. The van der Waals surface area contributed by atoms with Gasteiger partial charge in [0.25, 0.3) is 0 Å². The number of ether oxygens (including phenoxy) is 1. The second kappa shape index (κ2) is 6.39. The maximum Gasteiger partial charge on any atom is 0.426 e. The van der Waals surface area contributed by atoms with Crippen molar-refractivity contribution in [1.82, 2.24) is 4.31 Å². The van der Waals surface area contributed by atoms with Gasteiger partial charge in [-0.3, -0.25) is 4.18 Å². The summed E-state index contributed by atoms with van der Waals surface area (Å²) >= 11 is 0. The first-order valence-corrected chi connectivity index (χ1v) is 8.39. The van der Waals surface area contributed by atoms with Crippen molar-refractivity contribution in [3.05, 3.63) is 71.8 Å². The Hall–Kier alpha value is -2.38. The summed E-state index contributed by atoms with van der Waals surface area (Å²) in [5.41, 5.74) is 1.44. The van der Waals surface area contributed by atoms with Crippen LogP contribution in [0.2, 0.25) is 0 Å². The summed E-state index contributed by atoms with van der Waals surface area (Å²) in [6.45, 7) is -0.125. The Balaban J connectivity index is 1.78. The number of nitrogens with zero attached hydrogens (tertiary/aromatic N) is 1. The molecule has 0 aliphatic carbocycles. The molecule has 2 aromatic carbocycles. The molecule has 7 heteroatoms. The molecule has 6 nitrogen and oxygen atoms in total. The Morgan fingerprint density at radius 2 is 1.70 bits per heavy atom. The van der Waals surface area contributed by atoms with Gasteiger partial charge in [0.1, 0.15) is 12.6 Å². The van der Waals surface area contributed by atoms with Gasteiger partial charge in [0.05, 0.1) is 6.61 Å². The number of carbonyl (C=O) groups is 1. The molecule has 0 aromatic heterocycles. The molecular formula is C16H15NO5S. The van der Waals surface area contributed by atoms with E-state index in [1.165, 1.54) is 0 Å². The van der Waals surface area contributed by atoms with Gasteiger partial charge in [-0.1, -0.05) is 60.7 Å². The average molecular weight is 333 g/mol. The van der Waals surface area contributed by atoms with Crippen LogP contribution in [0.4, 0.5) is 4.79 Å². The number of carbonyl (C=O) groups excluding carboxylic acids is 1. The number of amides is 1. The number of hydrogen-bond donors (Lipinski definition) is 0. The highest BCUT2D eigenvalue weighted by molar-refractivity contribution is 7.85. The van der Waals surface area contributed by atoms with Crippen molar-refractivity contribution in [3.63, 3.8) is 0 Å². The van der Waals surface area contributed by atoms with Gasteiger partial charge in [0.15, 0.2) is 0 Å². The maximum atomic E-state index is 12.3. The van der Waals surface area contributed by atoms with Crippen molar-refractivity contribution in [2.75, 3.05) is 6.61 Å². The smallest absolute Gasteiger partial charge is 0.426 e. The molecule has 1 fully saturated rings. The Morgan fingerprint density at radius 3 is 2.35 bits per heavy atom. The minimum absolute atomic E-state index is 0.00674. The molecule has 1 aliphatic heterocycles. The van der Waals surface area contributed by atoms with Crippen LogP contribution in [0.25, 0.3) is 0 Å². The Bertz CT molecular complexity index is 777. The third-order valence-corrected chi connectivity index (χ3v) is 4.79. The summed E-state index contributed by atoms with van der Waals surface area (Å²) in [6.07, 6.45) is -0.944. The fourth-order valence-electron chi connectivity index (χ4n) is 2.34. The van der Waals surface area contributed by atoms with E-state index in [1.807, 2.05) is 24.3 Å². The van der Waals surface area contributed by atoms with Gasteiger partial charge in [0.2, 0.25) is 0 Å². The first kappa shape index (κ1) is 15.5. The molecule has 0 spiro atoms. The molecule has 1 heterocycles. The Labute approximate surface area is 134 Å². The SMILES string of the molecule is O=C(OCc1ccccc1)N1C(c2ccccc2)COS1(=O)=O. The molecule has 2 aromatic rings. The summed E-state index contributed by atoms with van der Waals surface area (Å²) in [5.74, 6) is 0. The van der Waals surface area contributed by atoms with Crippen LogP contribution < -0.4 is 0 Å². The molecule has 1 atom stereocenters. The van der Waals surface area contributed by atoms with E-state index in [9.17, 15) is 13.2 Å². The van der Waals surface area contributed by atoms with Gasteiger partial charge in [-0.15, -0.1) is 0 Å². The highest BCUT2D eigenvalue weighted by atomic mass is 32.2. The second-order valence-electron chi connectivity index (χ2n) is 5.00. The van der Waals surface area contributed by atoms with Crippen molar-refractivity contribution < 1.29 is 22.1 Å². The van der Waals surface area contributed by atoms with Crippen molar-refractivity contribution in [1.29, 1.82) is 0 Å². The van der Waals surface area contributed by atoms with Gasteiger partial charge in [-0.2, -0.15) is 12.7 Å². The summed E-state index contributed by atoms with van der Waals surface area (Å²) in [6, 6.07) is 17.2. The molecule has 1 saturated heterocycles. The van der Waals surface area contributed by atoms with E-state index in [4.69, 9.17) is 8.92 Å². The highest BCUT2D eigenvalue weighted by Crippen LogP contribution is 2.32. The zero-order chi connectivity index (χ0) is 16.3. The van der Waals surface area contributed by atoms with E-state index in [-0.39, 0.29) is 13.2 Å². The zero-order valence-corrected chi connectivity index (χ0v) is 13.0. The van der Waals surface area contributed by atoms with Crippen molar-refractivity contribution in [3.8, 4) is 0 Å². The van der Waals surface area contributed by atoms with Gasteiger partial charge < -0.3 is 4.74 Å². The first-order chi connectivity index (χ1) is 11.1. The Morgan fingerprint density at radius 1 is 1.09 bits per heavy atom. The highest BCUT2D eigenvalue weighted by Gasteiger charge is 2.44. The minimum Gasteiger partial charge on any atom is -0.444 e.